The van der Waals surface area contributed by atoms with Crippen molar-refractivity contribution >= 4 is 12.0 Å². The van der Waals surface area contributed by atoms with Crippen molar-refractivity contribution in [3.05, 3.63) is 30.0 Å². The van der Waals surface area contributed by atoms with Crippen LogP contribution in [-0.2, 0) is 16.1 Å². The van der Waals surface area contributed by atoms with Crippen LogP contribution in [0.25, 0.3) is 0 Å². The van der Waals surface area contributed by atoms with E-state index in [2.05, 4.69) is 16.9 Å². The number of anilines is 1. The maximum Gasteiger partial charge on any atom is 0.248 e. The summed E-state index contributed by atoms with van der Waals surface area (Å²) in [6, 6.07) is 1.81. The summed E-state index contributed by atoms with van der Waals surface area (Å²) < 4.78 is 37.3. The summed E-state index contributed by atoms with van der Waals surface area (Å²) in [5, 5.41) is 3.03. The number of methoxy groups -OCH3 is 1. The van der Waals surface area contributed by atoms with Gasteiger partial charge in [0.05, 0.1) is 31.7 Å². The van der Waals surface area contributed by atoms with E-state index in [1.165, 1.54) is 7.11 Å². The van der Waals surface area contributed by atoms with Crippen molar-refractivity contribution < 1.29 is 23.0 Å². The molecule has 0 saturated heterocycles. The predicted octanol–water partition coefficient (Wildman–Crippen LogP) is 3.35. The lowest BCUT2D eigenvalue weighted by Gasteiger charge is -2.28. The van der Waals surface area contributed by atoms with Crippen LogP contribution in [0, 0.1) is 0 Å². The van der Waals surface area contributed by atoms with Gasteiger partial charge < -0.3 is 14.8 Å². The highest BCUT2D eigenvalue weighted by Gasteiger charge is 2.35. The number of hydrogen-bond acceptors (Lipinski definition) is 5. The van der Waals surface area contributed by atoms with Gasteiger partial charge in [0.1, 0.15) is 6.29 Å². The van der Waals surface area contributed by atoms with Crippen LogP contribution in [0.15, 0.2) is 24.4 Å². The maximum atomic E-state index is 13.2. The molecular formula is C17H22F2N2O3. The van der Waals surface area contributed by atoms with Crippen molar-refractivity contribution in [3.8, 4) is 5.88 Å². The van der Waals surface area contributed by atoms with E-state index in [1.807, 2.05) is 0 Å². The largest absolute Gasteiger partial charge is 0.481 e. The Hall–Kier alpha value is -2.02. The highest BCUT2D eigenvalue weighted by Crippen LogP contribution is 2.34. The third-order valence-electron chi connectivity index (χ3n) is 3.94. The molecule has 1 N–H and O–H groups in total. The van der Waals surface area contributed by atoms with Crippen molar-refractivity contribution in [2.24, 2.45) is 0 Å². The van der Waals surface area contributed by atoms with Crippen molar-refractivity contribution in [1.82, 2.24) is 4.98 Å². The van der Waals surface area contributed by atoms with E-state index < -0.39 is 5.92 Å². The van der Waals surface area contributed by atoms with Gasteiger partial charge in [-0.05, 0) is 18.9 Å². The van der Waals surface area contributed by atoms with Crippen molar-refractivity contribution in [3.63, 3.8) is 0 Å². The van der Waals surface area contributed by atoms with Gasteiger partial charge in [0.2, 0.25) is 11.8 Å². The number of ether oxygens (including phenoxy) is 2. The Labute approximate surface area is 140 Å². The number of nitrogens with one attached hydrogen (secondary N) is 1. The van der Waals surface area contributed by atoms with Crippen LogP contribution >= 0.6 is 0 Å². The smallest absolute Gasteiger partial charge is 0.248 e. The molecule has 132 valence electrons. The number of aldehydes is 1. The topological polar surface area (TPSA) is 60.5 Å². The minimum absolute atomic E-state index is 0.136. The van der Waals surface area contributed by atoms with Gasteiger partial charge in [0.15, 0.2) is 0 Å². The average molecular weight is 340 g/mol. The first-order valence-electron chi connectivity index (χ1n) is 7.82. The first-order valence-corrected chi connectivity index (χ1v) is 7.82. The molecule has 24 heavy (non-hydrogen) atoms. The summed E-state index contributed by atoms with van der Waals surface area (Å²) in [6.07, 6.45) is 2.51. The molecule has 1 saturated carbocycles. The molecule has 0 unspecified atom stereocenters. The zero-order valence-corrected chi connectivity index (χ0v) is 13.7. The molecule has 0 spiro atoms. The van der Waals surface area contributed by atoms with Crippen molar-refractivity contribution in [2.45, 2.75) is 44.3 Å². The van der Waals surface area contributed by atoms with Gasteiger partial charge in [-0.25, -0.2) is 13.8 Å². The number of rotatable bonds is 8. The summed E-state index contributed by atoms with van der Waals surface area (Å²) in [7, 11) is 1.51. The third kappa shape index (κ3) is 5.26. The van der Waals surface area contributed by atoms with Crippen LogP contribution in [0.2, 0.25) is 0 Å². The molecule has 1 aliphatic carbocycles. The van der Waals surface area contributed by atoms with Gasteiger partial charge in [0.25, 0.3) is 0 Å². The number of alkyl halides is 2. The zero-order valence-electron chi connectivity index (χ0n) is 13.7. The van der Waals surface area contributed by atoms with Crippen LogP contribution in [-0.4, -0.2) is 37.0 Å². The zero-order chi connectivity index (χ0) is 17.6. The quantitative estimate of drug-likeness (QED) is 0.581. The van der Waals surface area contributed by atoms with Crippen molar-refractivity contribution in [1.29, 1.82) is 0 Å². The summed E-state index contributed by atoms with van der Waals surface area (Å²) in [4.78, 5) is 14.8. The first-order chi connectivity index (χ1) is 11.4. The Kier molecular flexibility index (Phi) is 6.25. The molecule has 1 aromatic heterocycles. The number of carbonyl (C=O) groups excluding carboxylic acids is 1. The molecule has 0 aromatic carbocycles. The number of nitrogens with zero attached hydrogens (tertiary/aromatic N) is 1. The summed E-state index contributed by atoms with van der Waals surface area (Å²) in [5.74, 6) is -2.14. The van der Waals surface area contributed by atoms with Crippen LogP contribution in [0.1, 0.15) is 31.2 Å². The fraction of sp³-hybridized carbons (Fsp3) is 0.529. The Morgan fingerprint density at radius 3 is 2.83 bits per heavy atom. The van der Waals surface area contributed by atoms with E-state index in [0.717, 1.165) is 5.56 Å². The van der Waals surface area contributed by atoms with Crippen LogP contribution < -0.4 is 10.1 Å². The van der Waals surface area contributed by atoms with Gasteiger partial charge in [-0.15, -0.1) is 0 Å². The molecule has 0 radical (unpaired) electrons. The Morgan fingerprint density at radius 1 is 1.50 bits per heavy atom. The van der Waals surface area contributed by atoms with E-state index in [1.54, 1.807) is 12.3 Å². The second-order valence-corrected chi connectivity index (χ2v) is 5.89. The number of carbonyl (C=O) groups is 1. The Balaban J connectivity index is 1.95. The lowest BCUT2D eigenvalue weighted by molar-refractivity contribution is -0.104. The summed E-state index contributed by atoms with van der Waals surface area (Å²) in [5.41, 5.74) is 1.84. The average Bonchev–Trinajstić information content (AvgIpc) is 2.58. The second-order valence-electron chi connectivity index (χ2n) is 5.89. The number of halogens is 2. The van der Waals surface area contributed by atoms with E-state index in [-0.39, 0.29) is 25.6 Å². The molecule has 0 aliphatic heterocycles. The molecule has 5 nitrogen and oxygen atoms in total. The molecule has 1 aliphatic rings. The van der Waals surface area contributed by atoms with E-state index >= 15 is 0 Å². The molecule has 2 rings (SSSR count). The highest BCUT2D eigenvalue weighted by atomic mass is 19.3. The van der Waals surface area contributed by atoms with Gasteiger partial charge >= 0.3 is 0 Å². The second kappa shape index (κ2) is 8.19. The van der Waals surface area contributed by atoms with Crippen molar-refractivity contribution in [2.75, 3.05) is 19.0 Å². The van der Waals surface area contributed by atoms with E-state index in [9.17, 15) is 13.6 Å². The van der Waals surface area contributed by atoms with Crippen LogP contribution in [0.3, 0.4) is 0 Å². The molecule has 0 atom stereocenters. The monoisotopic (exact) mass is 340 g/mol. The molecule has 7 heteroatoms. The highest BCUT2D eigenvalue weighted by molar-refractivity contribution is 5.73. The normalized spacial score (nSPS) is 17.3. The molecule has 1 fully saturated rings. The number of hydrogen-bond donors (Lipinski definition) is 1. The van der Waals surface area contributed by atoms with Gasteiger partial charge in [-0.3, -0.25) is 4.79 Å². The fourth-order valence-electron chi connectivity index (χ4n) is 2.53. The van der Waals surface area contributed by atoms with E-state index in [4.69, 9.17) is 9.47 Å². The summed E-state index contributed by atoms with van der Waals surface area (Å²) >= 11 is 0. The Bertz CT molecular complexity index is 583. The molecule has 0 amide bonds. The third-order valence-corrected chi connectivity index (χ3v) is 3.94. The molecule has 1 aromatic rings. The lowest BCUT2D eigenvalue weighted by atomic mass is 9.94. The first kappa shape index (κ1) is 18.3. The standard InChI is InChI=1S/C17H22F2N2O3/c1-12(10-22)8-20-14-7-13(16(23-2)21-9-14)11-24-15-3-5-17(18,19)6-4-15/h7,9-10,15,20H,1,3-6,8,11H2,2H3. The Morgan fingerprint density at radius 2 is 2.21 bits per heavy atom. The maximum absolute atomic E-state index is 13.2. The molecular weight excluding hydrogens is 318 g/mol. The van der Waals surface area contributed by atoms with E-state index in [0.29, 0.717) is 42.8 Å². The predicted molar refractivity (Wildman–Crippen MR) is 86.5 cm³/mol. The van der Waals surface area contributed by atoms with Gasteiger partial charge in [-0.1, -0.05) is 6.58 Å². The lowest BCUT2D eigenvalue weighted by Crippen LogP contribution is -2.29. The minimum atomic E-state index is -2.57. The number of aromatic nitrogens is 1. The minimum Gasteiger partial charge on any atom is -0.481 e. The van der Waals surface area contributed by atoms with Crippen LogP contribution in [0.5, 0.6) is 5.88 Å². The molecule has 0 bridgehead atoms. The van der Waals surface area contributed by atoms with Gasteiger partial charge in [0, 0.05) is 30.5 Å². The molecule has 1 heterocycles. The fourth-order valence-corrected chi connectivity index (χ4v) is 2.53. The van der Waals surface area contributed by atoms with Crippen LogP contribution in [0.4, 0.5) is 14.5 Å². The number of pyridine rings is 1. The van der Waals surface area contributed by atoms with Gasteiger partial charge in [-0.2, -0.15) is 0 Å². The SMILES string of the molecule is C=C(C=O)CNc1cnc(OC)c(COC2CCC(F)(F)CC2)c1. The summed E-state index contributed by atoms with van der Waals surface area (Å²) in [6.45, 7) is 4.14.